The molecule has 8 heteroatoms. The van der Waals surface area contributed by atoms with Gasteiger partial charge in [-0.1, -0.05) is 0 Å². The first-order valence-corrected chi connectivity index (χ1v) is 6.03. The second kappa shape index (κ2) is 5.58. The van der Waals surface area contributed by atoms with Gasteiger partial charge in [-0.2, -0.15) is 0 Å². The number of carbonyl (C=O) groups is 1. The lowest BCUT2D eigenvalue weighted by atomic mass is 10.2. The van der Waals surface area contributed by atoms with Crippen LogP contribution >= 0.6 is 15.9 Å². The second-order valence-corrected chi connectivity index (χ2v) is 4.58. The number of rotatable bonds is 3. The van der Waals surface area contributed by atoms with Gasteiger partial charge in [-0.3, -0.25) is 0 Å². The minimum Gasteiger partial charge on any atom is -0.478 e. The number of alkyl halides is 2. The van der Waals surface area contributed by atoms with Crippen LogP contribution in [0.15, 0.2) is 28.9 Å². The summed E-state index contributed by atoms with van der Waals surface area (Å²) in [6.45, 7) is 0. The maximum absolute atomic E-state index is 13.0. The number of hydrogen-bond acceptors (Lipinski definition) is 3. The van der Waals surface area contributed by atoms with Gasteiger partial charge in [0.15, 0.2) is 5.82 Å². The van der Waals surface area contributed by atoms with E-state index in [4.69, 9.17) is 5.11 Å². The Hall–Kier alpha value is -1.96. The summed E-state index contributed by atoms with van der Waals surface area (Å²) in [7, 11) is 0. The van der Waals surface area contributed by atoms with Crippen molar-refractivity contribution in [1.29, 1.82) is 0 Å². The third-order valence-corrected chi connectivity index (χ3v) is 3.08. The normalized spacial score (nSPS) is 10.8. The van der Waals surface area contributed by atoms with Gasteiger partial charge < -0.3 is 5.11 Å². The lowest BCUT2D eigenvalue weighted by Gasteiger charge is -2.08. The van der Waals surface area contributed by atoms with E-state index in [-0.39, 0.29) is 15.9 Å². The molecule has 0 radical (unpaired) electrons. The molecule has 104 valence electrons. The van der Waals surface area contributed by atoms with Crippen LogP contribution in [0.1, 0.15) is 22.5 Å². The van der Waals surface area contributed by atoms with Gasteiger partial charge in [-0.05, 0) is 34.1 Å². The molecule has 1 aromatic carbocycles. The van der Waals surface area contributed by atoms with Crippen LogP contribution in [0.4, 0.5) is 13.2 Å². The fourth-order valence-corrected chi connectivity index (χ4v) is 2.05. The van der Waals surface area contributed by atoms with Crippen LogP contribution in [0.5, 0.6) is 0 Å². The van der Waals surface area contributed by atoms with Gasteiger partial charge in [0.05, 0.1) is 0 Å². The number of aromatic carboxylic acids is 1. The largest absolute Gasteiger partial charge is 0.478 e. The van der Waals surface area contributed by atoms with E-state index in [1.165, 1.54) is 6.07 Å². The van der Waals surface area contributed by atoms with Crippen molar-refractivity contribution in [2.45, 2.75) is 6.43 Å². The minimum absolute atomic E-state index is 0.114. The molecule has 0 unspecified atom stereocenters. The van der Waals surface area contributed by atoms with Crippen molar-refractivity contribution in [1.82, 2.24) is 9.97 Å². The number of benzene rings is 1. The molecule has 0 aliphatic carbocycles. The molecule has 0 saturated heterocycles. The molecule has 0 amide bonds. The van der Waals surface area contributed by atoms with Crippen LogP contribution in [-0.4, -0.2) is 21.0 Å². The highest BCUT2D eigenvalue weighted by Crippen LogP contribution is 2.29. The highest BCUT2D eigenvalue weighted by Gasteiger charge is 2.22. The zero-order valence-electron chi connectivity index (χ0n) is 9.65. The molecule has 1 aromatic heterocycles. The Kier molecular flexibility index (Phi) is 4.03. The van der Waals surface area contributed by atoms with Crippen molar-refractivity contribution < 1.29 is 23.1 Å². The maximum Gasteiger partial charge on any atom is 0.339 e. The molecule has 0 aliphatic rings. The van der Waals surface area contributed by atoms with Gasteiger partial charge in [0.25, 0.3) is 6.43 Å². The Morgan fingerprint density at radius 1 is 1.35 bits per heavy atom. The molecule has 20 heavy (non-hydrogen) atoms. The van der Waals surface area contributed by atoms with Crippen molar-refractivity contribution in [3.63, 3.8) is 0 Å². The summed E-state index contributed by atoms with van der Waals surface area (Å²) in [4.78, 5) is 18.1. The van der Waals surface area contributed by atoms with E-state index in [1.807, 2.05) is 0 Å². The van der Waals surface area contributed by atoms with E-state index in [1.54, 1.807) is 0 Å². The van der Waals surface area contributed by atoms with Gasteiger partial charge in [-0.15, -0.1) is 0 Å². The van der Waals surface area contributed by atoms with Crippen LogP contribution in [-0.2, 0) is 0 Å². The average molecular weight is 347 g/mol. The van der Waals surface area contributed by atoms with Crippen molar-refractivity contribution in [3.8, 4) is 11.4 Å². The summed E-state index contributed by atoms with van der Waals surface area (Å²) in [5.74, 6) is -2.17. The van der Waals surface area contributed by atoms with Crippen LogP contribution in [0.3, 0.4) is 0 Å². The van der Waals surface area contributed by atoms with E-state index < -0.39 is 29.5 Å². The number of hydrogen-bond donors (Lipinski definition) is 1. The second-order valence-electron chi connectivity index (χ2n) is 3.72. The zero-order valence-corrected chi connectivity index (χ0v) is 11.2. The van der Waals surface area contributed by atoms with Crippen LogP contribution in [0, 0.1) is 5.82 Å². The molecular formula is C12H6BrF3N2O2. The Balaban J connectivity index is 2.59. The molecule has 4 nitrogen and oxygen atoms in total. The number of carboxylic acids is 1. The van der Waals surface area contributed by atoms with Crippen molar-refractivity contribution in [3.05, 3.63) is 45.9 Å². The molecule has 2 aromatic rings. The summed E-state index contributed by atoms with van der Waals surface area (Å²) in [5, 5.41) is 8.79. The van der Waals surface area contributed by atoms with Gasteiger partial charge in [0, 0.05) is 16.2 Å². The minimum atomic E-state index is -3.05. The molecule has 0 atom stereocenters. The SMILES string of the molecule is O=C(O)c1cnc(-c2ccc(F)cc2Br)nc1C(F)F. The summed E-state index contributed by atoms with van der Waals surface area (Å²) >= 11 is 3.07. The van der Waals surface area contributed by atoms with Gasteiger partial charge >= 0.3 is 5.97 Å². The van der Waals surface area contributed by atoms with E-state index in [0.717, 1.165) is 18.3 Å². The fourth-order valence-electron chi connectivity index (χ4n) is 1.53. The molecule has 2 rings (SSSR count). The van der Waals surface area contributed by atoms with E-state index >= 15 is 0 Å². The molecule has 0 spiro atoms. The van der Waals surface area contributed by atoms with Gasteiger partial charge in [-0.25, -0.2) is 27.9 Å². The van der Waals surface area contributed by atoms with Crippen LogP contribution in [0.25, 0.3) is 11.4 Å². The third kappa shape index (κ3) is 2.79. The fraction of sp³-hybridized carbons (Fsp3) is 0.0833. The van der Waals surface area contributed by atoms with Gasteiger partial charge in [0.1, 0.15) is 17.1 Å². The Morgan fingerprint density at radius 3 is 2.60 bits per heavy atom. The van der Waals surface area contributed by atoms with Gasteiger partial charge in [0.2, 0.25) is 0 Å². The number of aromatic nitrogens is 2. The molecule has 0 saturated carbocycles. The first-order valence-electron chi connectivity index (χ1n) is 5.24. The lowest BCUT2D eigenvalue weighted by molar-refractivity contribution is 0.0681. The van der Waals surface area contributed by atoms with E-state index in [0.29, 0.717) is 0 Å². The molecular weight excluding hydrogens is 341 g/mol. The van der Waals surface area contributed by atoms with E-state index in [9.17, 15) is 18.0 Å². The first kappa shape index (κ1) is 14.4. The topological polar surface area (TPSA) is 63.1 Å². The van der Waals surface area contributed by atoms with Crippen LogP contribution < -0.4 is 0 Å². The number of halogens is 4. The summed E-state index contributed by atoms with van der Waals surface area (Å²) in [5.41, 5.74) is -1.26. The lowest BCUT2D eigenvalue weighted by Crippen LogP contribution is -2.08. The first-order chi connectivity index (χ1) is 9.40. The summed E-state index contributed by atoms with van der Waals surface area (Å²) in [6, 6.07) is 3.56. The average Bonchev–Trinajstić information content (AvgIpc) is 2.37. The third-order valence-electron chi connectivity index (χ3n) is 2.43. The highest BCUT2D eigenvalue weighted by atomic mass is 79.9. The molecule has 1 heterocycles. The standard InChI is InChI=1S/C12H6BrF3N2O2/c13-8-3-5(14)1-2-6(8)11-17-4-7(12(19)20)9(18-11)10(15)16/h1-4,10H,(H,19,20). The zero-order chi connectivity index (χ0) is 14.9. The Morgan fingerprint density at radius 2 is 2.05 bits per heavy atom. The Bertz CT molecular complexity index is 680. The predicted molar refractivity (Wildman–Crippen MR) is 67.0 cm³/mol. The highest BCUT2D eigenvalue weighted by molar-refractivity contribution is 9.10. The van der Waals surface area contributed by atoms with Crippen molar-refractivity contribution >= 4 is 21.9 Å². The van der Waals surface area contributed by atoms with E-state index in [2.05, 4.69) is 25.9 Å². The summed E-state index contributed by atoms with van der Waals surface area (Å²) in [6.07, 6.45) is -2.25. The van der Waals surface area contributed by atoms with Crippen molar-refractivity contribution in [2.75, 3.05) is 0 Å². The summed E-state index contributed by atoms with van der Waals surface area (Å²) < 4.78 is 38.9. The maximum atomic E-state index is 13.0. The Labute approximate surface area is 119 Å². The monoisotopic (exact) mass is 346 g/mol. The smallest absolute Gasteiger partial charge is 0.339 e. The van der Waals surface area contributed by atoms with Crippen LogP contribution in [0.2, 0.25) is 0 Å². The molecule has 1 N–H and O–H groups in total. The molecule has 0 aliphatic heterocycles. The quantitative estimate of drug-likeness (QED) is 0.920. The molecule has 0 fully saturated rings. The number of carboxylic acid groups (broad SMARTS) is 1. The van der Waals surface area contributed by atoms with Crippen molar-refractivity contribution in [2.24, 2.45) is 0 Å². The molecule has 0 bridgehead atoms. The predicted octanol–water partition coefficient (Wildman–Crippen LogP) is 3.68. The number of nitrogens with zero attached hydrogens (tertiary/aromatic N) is 2.